The molecule has 0 radical (unpaired) electrons. The average Bonchev–Trinajstić information content (AvgIpc) is 0.799. The zero-order chi connectivity index (χ0) is 66.8. The molecule has 3 heterocycles. The second-order valence-corrected chi connectivity index (χ2v) is 25.0. The minimum Gasteiger partial charge on any atom is -0.394 e. The average molecular weight is 1300 g/mol. The van der Waals surface area contributed by atoms with Crippen LogP contribution in [0.25, 0.3) is 0 Å². The summed E-state index contributed by atoms with van der Waals surface area (Å²) in [6.07, 6.45) is 44.2. The fourth-order valence-corrected chi connectivity index (χ4v) is 11.4. The lowest BCUT2D eigenvalue weighted by Gasteiger charge is -2.48. The van der Waals surface area contributed by atoms with Gasteiger partial charge in [-0.05, 0) is 77.0 Å². The SMILES string of the molecule is CC/C=C\C/C=C\C/C=C\C/C=C\C/C=C\C/C=C\C/C=C\CCCCCCCCCCCCCCCCCC(=O)NC(COC1OC(CO)C(OC2OC(CO)C(OC3OC(CO)C(O)C(O)C3O)C(O)C2O)C(O)C1O)C(O)/C=C/CCCCCCCCCC. The van der Waals surface area contributed by atoms with E-state index in [-0.39, 0.29) is 18.9 Å². The first-order valence-electron chi connectivity index (χ1n) is 35.5. The highest BCUT2D eigenvalue weighted by Crippen LogP contribution is 2.33. The number of rotatable bonds is 53. The molecule has 3 rings (SSSR count). The van der Waals surface area contributed by atoms with Crippen LogP contribution in [0.1, 0.15) is 226 Å². The van der Waals surface area contributed by atoms with Crippen LogP contribution in [0.2, 0.25) is 0 Å². The topological polar surface area (TPSA) is 307 Å². The first-order chi connectivity index (χ1) is 44.8. The Balaban J connectivity index is 1.31. The molecule has 0 bridgehead atoms. The standard InChI is InChI=1S/C73H125NO18/c1-3-5-7-9-11-13-15-16-17-18-19-20-21-22-23-24-25-26-27-28-29-30-31-32-33-34-35-36-37-38-39-40-41-43-45-47-49-51-61(79)74-56(57(78)50-48-46-44-42-14-12-10-8-6-4-2)55-87-71-67(85)64(82)69(59(53-76)89-71)92-73-68(86)65(83)70(60(54-77)90-73)91-72-66(84)63(81)62(80)58(52-75)88-72/h5,7,11,13,16-17,19-20,22-23,25-26,28-29,48,50,56-60,62-73,75-78,80-86H,3-4,6,8-10,12,14-15,18,21,24,27,30-47,49,51-55H2,1-2H3,(H,74,79)/b7-5-,13-11-,17-16-,20-19-,23-22-,26-25-,29-28-,50-48+. The van der Waals surface area contributed by atoms with Gasteiger partial charge in [-0.2, -0.15) is 0 Å². The zero-order valence-corrected chi connectivity index (χ0v) is 56.0. The van der Waals surface area contributed by atoms with Crippen molar-refractivity contribution >= 4 is 5.91 Å². The van der Waals surface area contributed by atoms with Crippen molar-refractivity contribution in [3.05, 3.63) is 97.2 Å². The Bertz CT molecular complexity index is 2040. The number of aliphatic hydroxyl groups excluding tert-OH is 11. The molecule has 19 heteroatoms. The molecule has 3 saturated heterocycles. The van der Waals surface area contributed by atoms with E-state index in [1.54, 1.807) is 6.08 Å². The molecular weight excluding hydrogens is 1180 g/mol. The van der Waals surface area contributed by atoms with Crippen molar-refractivity contribution in [1.29, 1.82) is 0 Å². The fourth-order valence-electron chi connectivity index (χ4n) is 11.4. The number of hydrogen-bond acceptors (Lipinski definition) is 18. The van der Waals surface area contributed by atoms with E-state index in [1.165, 1.54) is 103 Å². The van der Waals surface area contributed by atoms with E-state index in [0.29, 0.717) is 6.42 Å². The van der Waals surface area contributed by atoms with Gasteiger partial charge < -0.3 is 89.9 Å². The van der Waals surface area contributed by atoms with E-state index in [0.717, 1.165) is 96.3 Å². The van der Waals surface area contributed by atoms with Crippen molar-refractivity contribution in [3.63, 3.8) is 0 Å². The molecule has 3 fully saturated rings. The molecule has 3 aliphatic heterocycles. The van der Waals surface area contributed by atoms with Crippen molar-refractivity contribution in [2.75, 3.05) is 26.4 Å². The lowest BCUT2D eigenvalue weighted by atomic mass is 9.96. The quantitative estimate of drug-likeness (QED) is 0.0199. The molecule has 17 atom stereocenters. The van der Waals surface area contributed by atoms with Gasteiger partial charge in [-0.25, -0.2) is 0 Å². The molecule has 0 aromatic heterocycles. The maximum atomic E-state index is 13.4. The van der Waals surface area contributed by atoms with E-state index in [4.69, 9.17) is 28.4 Å². The van der Waals surface area contributed by atoms with Gasteiger partial charge in [0.2, 0.25) is 5.91 Å². The maximum Gasteiger partial charge on any atom is 0.220 e. The smallest absolute Gasteiger partial charge is 0.220 e. The number of hydrogen-bond donors (Lipinski definition) is 12. The van der Waals surface area contributed by atoms with Gasteiger partial charge in [0.05, 0.1) is 38.6 Å². The molecule has 0 aromatic carbocycles. The third-order valence-electron chi connectivity index (χ3n) is 17.1. The van der Waals surface area contributed by atoms with E-state index in [1.807, 2.05) is 6.08 Å². The van der Waals surface area contributed by atoms with Crippen molar-refractivity contribution in [2.24, 2.45) is 0 Å². The van der Waals surface area contributed by atoms with Crippen LogP contribution in [0.4, 0.5) is 0 Å². The number of nitrogens with one attached hydrogen (secondary N) is 1. The molecule has 12 N–H and O–H groups in total. The number of allylic oxidation sites excluding steroid dienone is 15. The molecule has 530 valence electrons. The number of carbonyl (C=O) groups excluding carboxylic acids is 1. The Morgan fingerprint density at radius 1 is 0.402 bits per heavy atom. The Morgan fingerprint density at radius 2 is 0.750 bits per heavy atom. The van der Waals surface area contributed by atoms with E-state index < -0.39 is 124 Å². The lowest BCUT2D eigenvalue weighted by molar-refractivity contribution is -0.379. The number of ether oxygens (including phenoxy) is 6. The van der Waals surface area contributed by atoms with Gasteiger partial charge in [-0.3, -0.25) is 4.79 Å². The van der Waals surface area contributed by atoms with Crippen LogP contribution in [0, 0.1) is 0 Å². The zero-order valence-electron chi connectivity index (χ0n) is 56.0. The number of aliphatic hydroxyl groups is 11. The number of unbranched alkanes of at least 4 members (excludes halogenated alkanes) is 23. The third-order valence-corrected chi connectivity index (χ3v) is 17.1. The molecule has 17 unspecified atom stereocenters. The molecule has 0 aromatic rings. The number of carbonyl (C=O) groups is 1. The Morgan fingerprint density at radius 3 is 1.17 bits per heavy atom. The summed E-state index contributed by atoms with van der Waals surface area (Å²) in [7, 11) is 0. The molecule has 1 amide bonds. The van der Waals surface area contributed by atoms with Crippen LogP contribution < -0.4 is 5.32 Å². The Kier molecular flexibility index (Phi) is 48.5. The predicted molar refractivity (Wildman–Crippen MR) is 360 cm³/mol. The highest BCUT2D eigenvalue weighted by molar-refractivity contribution is 5.76. The summed E-state index contributed by atoms with van der Waals surface area (Å²) in [6.45, 7) is 1.57. The summed E-state index contributed by atoms with van der Waals surface area (Å²) in [5.41, 5.74) is 0. The predicted octanol–water partition coefficient (Wildman–Crippen LogP) is 9.66. The van der Waals surface area contributed by atoms with E-state index in [2.05, 4.69) is 104 Å². The Hall–Kier alpha value is -3.29. The highest BCUT2D eigenvalue weighted by Gasteiger charge is 2.53. The summed E-state index contributed by atoms with van der Waals surface area (Å²) in [5.74, 6) is -0.281. The van der Waals surface area contributed by atoms with Gasteiger partial charge in [-0.1, -0.05) is 239 Å². The van der Waals surface area contributed by atoms with Crippen molar-refractivity contribution in [2.45, 2.75) is 330 Å². The van der Waals surface area contributed by atoms with Crippen LogP contribution in [0.15, 0.2) is 97.2 Å². The van der Waals surface area contributed by atoms with Gasteiger partial charge in [0.1, 0.15) is 73.2 Å². The fraction of sp³-hybridized carbons (Fsp3) is 0.767. The van der Waals surface area contributed by atoms with Gasteiger partial charge in [0.15, 0.2) is 18.9 Å². The van der Waals surface area contributed by atoms with Crippen molar-refractivity contribution in [3.8, 4) is 0 Å². The summed E-state index contributed by atoms with van der Waals surface area (Å²) in [6, 6.07) is -0.976. The van der Waals surface area contributed by atoms with Crippen LogP contribution in [-0.4, -0.2) is 193 Å². The second-order valence-electron chi connectivity index (χ2n) is 25.0. The lowest BCUT2D eigenvalue weighted by Crippen LogP contribution is -2.66. The minimum absolute atomic E-state index is 0.238. The molecule has 92 heavy (non-hydrogen) atoms. The van der Waals surface area contributed by atoms with Crippen LogP contribution in [0.5, 0.6) is 0 Å². The number of amides is 1. The monoisotopic (exact) mass is 1300 g/mol. The van der Waals surface area contributed by atoms with Gasteiger partial charge in [-0.15, -0.1) is 0 Å². The molecule has 3 aliphatic rings. The van der Waals surface area contributed by atoms with E-state index >= 15 is 0 Å². The maximum absolute atomic E-state index is 13.4. The third kappa shape index (κ3) is 35.1. The summed E-state index contributed by atoms with van der Waals surface area (Å²) >= 11 is 0. The first-order valence-corrected chi connectivity index (χ1v) is 35.5. The second kappa shape index (κ2) is 53.8. The van der Waals surface area contributed by atoms with Gasteiger partial charge in [0.25, 0.3) is 0 Å². The summed E-state index contributed by atoms with van der Waals surface area (Å²) in [5, 5.41) is 120. The summed E-state index contributed by atoms with van der Waals surface area (Å²) in [4.78, 5) is 13.4. The summed E-state index contributed by atoms with van der Waals surface area (Å²) < 4.78 is 34.3. The molecule has 0 spiro atoms. The molecular formula is C73H125NO18. The van der Waals surface area contributed by atoms with Gasteiger partial charge >= 0.3 is 0 Å². The Labute approximate surface area is 552 Å². The van der Waals surface area contributed by atoms with Crippen LogP contribution in [0.3, 0.4) is 0 Å². The molecule has 19 nitrogen and oxygen atoms in total. The largest absolute Gasteiger partial charge is 0.394 e. The highest BCUT2D eigenvalue weighted by atomic mass is 16.8. The molecule has 0 saturated carbocycles. The molecule has 0 aliphatic carbocycles. The minimum atomic E-state index is -1.98. The van der Waals surface area contributed by atoms with E-state index in [9.17, 15) is 61.0 Å². The normalized spacial score (nSPS) is 28.3. The van der Waals surface area contributed by atoms with Crippen molar-refractivity contribution < 1.29 is 89.4 Å². The van der Waals surface area contributed by atoms with Crippen LogP contribution in [-0.2, 0) is 33.2 Å². The van der Waals surface area contributed by atoms with Crippen molar-refractivity contribution in [1.82, 2.24) is 5.32 Å². The van der Waals surface area contributed by atoms with Crippen LogP contribution >= 0.6 is 0 Å². The van der Waals surface area contributed by atoms with Gasteiger partial charge in [0, 0.05) is 6.42 Å². The first kappa shape index (κ1) is 82.9.